The Hall–Kier alpha value is -0.0562. The van der Waals surface area contributed by atoms with Crippen molar-refractivity contribution in [2.24, 2.45) is 0 Å². The first kappa shape index (κ1) is 16.0. The Labute approximate surface area is 120 Å². The summed E-state index contributed by atoms with van der Waals surface area (Å²) >= 11 is 6.23. The van der Waals surface area contributed by atoms with Gasteiger partial charge in [0.1, 0.15) is 0 Å². The molecule has 102 valence electrons. The van der Waals surface area contributed by atoms with Crippen molar-refractivity contribution in [2.45, 2.75) is 52.4 Å². The average Bonchev–Trinajstić information content (AvgIpc) is 2.28. The zero-order valence-electron chi connectivity index (χ0n) is 12.5. The van der Waals surface area contributed by atoms with Crippen molar-refractivity contribution in [2.75, 3.05) is 5.50 Å². The molecule has 0 radical (unpaired) electrons. The third-order valence-corrected chi connectivity index (χ3v) is 9.42. The summed E-state index contributed by atoms with van der Waals surface area (Å²) in [6.45, 7) is 11.8. The van der Waals surface area contributed by atoms with Crippen molar-refractivity contribution >= 4 is 38.8 Å². The number of hydrogen-bond acceptors (Lipinski definition) is 0. The van der Waals surface area contributed by atoms with E-state index in [4.69, 9.17) is 11.6 Å². The van der Waals surface area contributed by atoms with Gasteiger partial charge in [-0.1, -0.05) is 79.6 Å². The summed E-state index contributed by atoms with van der Waals surface area (Å²) in [5.41, 5.74) is 2.30. The molecule has 0 N–H and O–H groups in total. The van der Waals surface area contributed by atoms with Crippen LogP contribution in [0.25, 0.3) is 0 Å². The van der Waals surface area contributed by atoms with E-state index in [0.29, 0.717) is 0 Å². The first-order chi connectivity index (χ1) is 8.38. The summed E-state index contributed by atoms with van der Waals surface area (Å²) in [6, 6.07) is 8.61. The lowest BCUT2D eigenvalue weighted by Gasteiger charge is -2.21. The number of aryl methyl sites for hydroxylation is 1. The average molecular weight is 299 g/mol. The van der Waals surface area contributed by atoms with Gasteiger partial charge in [0.15, 0.2) is 0 Å². The van der Waals surface area contributed by atoms with Gasteiger partial charge in [-0.2, -0.15) is 0 Å². The number of rotatable bonds is 6. The summed E-state index contributed by atoms with van der Waals surface area (Å²) < 4.78 is 0. The van der Waals surface area contributed by atoms with E-state index < -0.39 is 16.9 Å². The molecule has 1 atom stereocenters. The molecule has 0 spiro atoms. The topological polar surface area (TPSA) is 0 Å². The molecule has 0 saturated heterocycles. The van der Waals surface area contributed by atoms with Gasteiger partial charge < -0.3 is 0 Å². The molecule has 0 nitrogen and oxygen atoms in total. The summed E-state index contributed by atoms with van der Waals surface area (Å²) in [5, 5.41) is 3.19. The predicted octanol–water partition coefficient (Wildman–Crippen LogP) is 3.55. The van der Waals surface area contributed by atoms with E-state index in [1.165, 1.54) is 24.4 Å². The quantitative estimate of drug-likeness (QED) is 0.556. The number of alkyl halides is 1. The number of benzene rings is 1. The van der Waals surface area contributed by atoms with Crippen LogP contribution in [0.3, 0.4) is 0 Å². The maximum atomic E-state index is 6.23. The number of halogens is 1. The lowest BCUT2D eigenvalue weighted by molar-refractivity contribution is 0.876. The highest BCUT2D eigenvalue weighted by molar-refractivity contribution is 6.89. The Kier molecular flexibility index (Phi) is 6.15. The van der Waals surface area contributed by atoms with E-state index in [0.717, 1.165) is 5.50 Å². The van der Waals surface area contributed by atoms with E-state index in [2.05, 4.69) is 51.7 Å². The van der Waals surface area contributed by atoms with Crippen LogP contribution in [-0.4, -0.2) is 22.4 Å². The molecule has 1 rings (SSSR count). The summed E-state index contributed by atoms with van der Waals surface area (Å²) in [7, 11) is -2.14. The third-order valence-electron chi connectivity index (χ3n) is 3.53. The lowest BCUT2D eigenvalue weighted by atomic mass is 10.2. The standard InChI is InChI=1S/C15H27ClSi2/c1-6-7-8-17(12-16)14-9-13(2)10-15(11-14)18(3,4)5/h9-11,17H,6-8,12H2,1-5H3. The lowest BCUT2D eigenvalue weighted by Crippen LogP contribution is -2.43. The smallest absolute Gasteiger partial charge is 0.0867 e. The van der Waals surface area contributed by atoms with E-state index in [1.807, 2.05) is 0 Å². The van der Waals surface area contributed by atoms with Gasteiger partial charge in [0.2, 0.25) is 0 Å². The van der Waals surface area contributed by atoms with Gasteiger partial charge >= 0.3 is 0 Å². The Morgan fingerprint density at radius 2 is 1.83 bits per heavy atom. The molecule has 0 aliphatic carbocycles. The minimum Gasteiger partial charge on any atom is -0.130 e. The van der Waals surface area contributed by atoms with Crippen molar-refractivity contribution in [1.82, 2.24) is 0 Å². The van der Waals surface area contributed by atoms with Crippen molar-refractivity contribution in [3.63, 3.8) is 0 Å². The normalized spacial score (nSPS) is 13.7. The molecule has 0 saturated carbocycles. The summed E-state index contributed by atoms with van der Waals surface area (Å²) in [6.07, 6.45) is 2.62. The minimum absolute atomic E-state index is 0.884. The molecule has 1 aromatic carbocycles. The van der Waals surface area contributed by atoms with Gasteiger partial charge in [-0.05, 0) is 6.92 Å². The van der Waals surface area contributed by atoms with Crippen LogP contribution in [-0.2, 0) is 0 Å². The second-order valence-corrected chi connectivity index (χ2v) is 15.3. The first-order valence-electron chi connectivity index (χ1n) is 7.06. The second-order valence-electron chi connectivity index (χ2n) is 6.38. The van der Waals surface area contributed by atoms with Crippen LogP contribution in [0.15, 0.2) is 18.2 Å². The third kappa shape index (κ3) is 4.56. The fraction of sp³-hybridized carbons (Fsp3) is 0.600. The van der Waals surface area contributed by atoms with Gasteiger partial charge in [-0.3, -0.25) is 0 Å². The molecule has 0 aliphatic rings. The predicted molar refractivity (Wildman–Crippen MR) is 91.4 cm³/mol. The molecule has 0 heterocycles. The molecule has 0 bridgehead atoms. The Morgan fingerprint density at radius 3 is 2.33 bits per heavy atom. The highest BCUT2D eigenvalue weighted by Gasteiger charge is 2.19. The van der Waals surface area contributed by atoms with Crippen molar-refractivity contribution in [3.8, 4) is 0 Å². The molecule has 0 fully saturated rings. The Balaban J connectivity index is 3.04. The van der Waals surface area contributed by atoms with Crippen LogP contribution >= 0.6 is 11.6 Å². The van der Waals surface area contributed by atoms with Crippen LogP contribution in [0.5, 0.6) is 0 Å². The molecule has 1 aromatic rings. The molecular formula is C15H27ClSi2. The van der Waals surface area contributed by atoms with Gasteiger partial charge in [0.25, 0.3) is 0 Å². The Bertz CT molecular complexity index is 383. The zero-order valence-corrected chi connectivity index (χ0v) is 15.4. The summed E-state index contributed by atoms with van der Waals surface area (Å²) in [5.74, 6) is 0. The van der Waals surface area contributed by atoms with Crippen molar-refractivity contribution < 1.29 is 0 Å². The largest absolute Gasteiger partial charge is 0.130 e. The SMILES string of the molecule is CCCC[SiH](CCl)c1cc(C)cc([Si](C)(C)C)c1. The van der Waals surface area contributed by atoms with Crippen LogP contribution in [0.1, 0.15) is 25.3 Å². The Morgan fingerprint density at radius 1 is 1.17 bits per heavy atom. The molecule has 1 unspecified atom stereocenters. The fourth-order valence-electron chi connectivity index (χ4n) is 2.26. The van der Waals surface area contributed by atoms with Crippen molar-refractivity contribution in [3.05, 3.63) is 23.8 Å². The number of unbranched alkanes of at least 4 members (excludes halogenated alkanes) is 1. The zero-order chi connectivity index (χ0) is 13.8. The van der Waals surface area contributed by atoms with Gasteiger partial charge in [-0.25, -0.2) is 0 Å². The van der Waals surface area contributed by atoms with E-state index in [1.54, 1.807) is 10.4 Å². The van der Waals surface area contributed by atoms with Crippen LogP contribution < -0.4 is 10.4 Å². The van der Waals surface area contributed by atoms with Gasteiger partial charge in [0, 0.05) is 5.50 Å². The van der Waals surface area contributed by atoms with Gasteiger partial charge in [-0.15, -0.1) is 11.6 Å². The number of hydrogen-bond donors (Lipinski definition) is 0. The maximum absolute atomic E-state index is 6.23. The van der Waals surface area contributed by atoms with Crippen LogP contribution in [0.2, 0.25) is 25.7 Å². The van der Waals surface area contributed by atoms with Crippen LogP contribution in [0.4, 0.5) is 0 Å². The monoisotopic (exact) mass is 298 g/mol. The highest BCUT2D eigenvalue weighted by atomic mass is 35.5. The van der Waals surface area contributed by atoms with Crippen molar-refractivity contribution in [1.29, 1.82) is 0 Å². The van der Waals surface area contributed by atoms with E-state index >= 15 is 0 Å². The van der Waals surface area contributed by atoms with E-state index in [9.17, 15) is 0 Å². The fourth-order valence-corrected chi connectivity index (χ4v) is 7.17. The molecule has 0 aliphatic heterocycles. The summed E-state index contributed by atoms with van der Waals surface area (Å²) in [4.78, 5) is 0. The van der Waals surface area contributed by atoms with Crippen LogP contribution in [0, 0.1) is 6.92 Å². The molecule has 18 heavy (non-hydrogen) atoms. The van der Waals surface area contributed by atoms with Gasteiger partial charge in [0.05, 0.1) is 16.9 Å². The molecule has 0 amide bonds. The molecule has 3 heteroatoms. The minimum atomic E-state index is -1.21. The second kappa shape index (κ2) is 6.92. The first-order valence-corrected chi connectivity index (χ1v) is 13.3. The molecule has 0 aromatic heterocycles. The molecular weight excluding hydrogens is 272 g/mol. The highest BCUT2D eigenvalue weighted by Crippen LogP contribution is 2.08. The maximum Gasteiger partial charge on any atom is 0.0867 e. The van der Waals surface area contributed by atoms with E-state index in [-0.39, 0.29) is 0 Å².